The van der Waals surface area contributed by atoms with Crippen LogP contribution in [0.1, 0.15) is 0 Å². The maximum atomic E-state index is 12.5. The van der Waals surface area contributed by atoms with Crippen LogP contribution < -0.4 is 19.1 Å². The van der Waals surface area contributed by atoms with Crippen LogP contribution in [0.3, 0.4) is 0 Å². The predicted molar refractivity (Wildman–Crippen MR) is 103 cm³/mol. The predicted octanol–water partition coefficient (Wildman–Crippen LogP) is 3.77. The molecular formula is C17H13F3N4O4S2. The smallest absolute Gasteiger partial charge is 0.489 e. The fraction of sp³-hybridized carbons (Fsp3) is 0.176. The van der Waals surface area contributed by atoms with Gasteiger partial charge in [-0.15, -0.1) is 13.2 Å². The van der Waals surface area contributed by atoms with E-state index in [1.54, 1.807) is 11.0 Å². The minimum absolute atomic E-state index is 0.0487. The van der Waals surface area contributed by atoms with Crippen molar-refractivity contribution in [3.8, 4) is 11.5 Å². The fourth-order valence-electron chi connectivity index (χ4n) is 2.88. The third-order valence-electron chi connectivity index (χ3n) is 4.05. The van der Waals surface area contributed by atoms with E-state index in [4.69, 9.17) is 4.74 Å². The lowest BCUT2D eigenvalue weighted by Gasteiger charge is -2.31. The van der Waals surface area contributed by atoms with Gasteiger partial charge in [0.2, 0.25) is 5.13 Å². The van der Waals surface area contributed by atoms with Crippen LogP contribution in [0.4, 0.5) is 29.7 Å². The highest BCUT2D eigenvalue weighted by Gasteiger charge is 2.31. The highest BCUT2D eigenvalue weighted by molar-refractivity contribution is 7.93. The molecule has 1 aliphatic heterocycles. The number of ether oxygens (including phenoxy) is 2. The maximum Gasteiger partial charge on any atom is 0.573 e. The van der Waals surface area contributed by atoms with Crippen LogP contribution in [-0.2, 0) is 10.0 Å². The number of rotatable bonds is 5. The van der Waals surface area contributed by atoms with E-state index in [1.165, 1.54) is 42.7 Å². The first-order valence-corrected chi connectivity index (χ1v) is 10.7. The topological polar surface area (TPSA) is 93.7 Å². The van der Waals surface area contributed by atoms with Gasteiger partial charge in [0.05, 0.1) is 17.1 Å². The van der Waals surface area contributed by atoms with Gasteiger partial charge < -0.3 is 14.4 Å². The Kier molecular flexibility index (Phi) is 5.15. The number of anilines is 3. The van der Waals surface area contributed by atoms with Crippen molar-refractivity contribution in [3.05, 3.63) is 48.8 Å². The molecule has 2 aromatic carbocycles. The summed E-state index contributed by atoms with van der Waals surface area (Å²) in [6.45, 7) is 0.572. The molecule has 4 rings (SSSR count). The largest absolute Gasteiger partial charge is 0.573 e. The van der Waals surface area contributed by atoms with Gasteiger partial charge in [0.1, 0.15) is 24.4 Å². The van der Waals surface area contributed by atoms with Crippen molar-refractivity contribution < 1.29 is 31.1 Å². The van der Waals surface area contributed by atoms with Gasteiger partial charge in [0.25, 0.3) is 10.0 Å². The van der Waals surface area contributed by atoms with Gasteiger partial charge in [-0.25, -0.2) is 13.4 Å². The number of hydrogen-bond donors (Lipinski definition) is 1. The molecule has 0 aliphatic carbocycles. The average molecular weight is 458 g/mol. The van der Waals surface area contributed by atoms with Crippen molar-refractivity contribution in [2.75, 3.05) is 22.8 Å². The zero-order valence-electron chi connectivity index (χ0n) is 15.0. The van der Waals surface area contributed by atoms with Crippen molar-refractivity contribution in [3.63, 3.8) is 0 Å². The number of nitrogens with zero attached hydrogens (tertiary/aromatic N) is 3. The van der Waals surface area contributed by atoms with E-state index in [0.29, 0.717) is 17.9 Å². The van der Waals surface area contributed by atoms with E-state index in [0.717, 1.165) is 11.5 Å². The van der Waals surface area contributed by atoms with E-state index in [1.807, 2.05) is 0 Å². The molecule has 0 saturated carbocycles. The molecule has 1 aliphatic rings. The summed E-state index contributed by atoms with van der Waals surface area (Å²) in [6.07, 6.45) is -3.57. The average Bonchev–Trinajstić information content (AvgIpc) is 3.18. The first-order valence-electron chi connectivity index (χ1n) is 8.41. The van der Waals surface area contributed by atoms with Crippen molar-refractivity contribution in [1.82, 2.24) is 9.36 Å². The van der Waals surface area contributed by atoms with E-state index in [2.05, 4.69) is 18.8 Å². The summed E-state index contributed by atoms with van der Waals surface area (Å²) in [7, 11) is -3.91. The normalized spacial score (nSPS) is 14.0. The molecule has 0 radical (unpaired) electrons. The molecule has 2 heterocycles. The minimum Gasteiger partial charge on any atom is -0.489 e. The van der Waals surface area contributed by atoms with Crippen LogP contribution in [0, 0.1) is 0 Å². The van der Waals surface area contributed by atoms with Gasteiger partial charge >= 0.3 is 6.36 Å². The Balaban J connectivity index is 1.63. The summed E-state index contributed by atoms with van der Waals surface area (Å²) in [5.74, 6) is -0.0722. The number of hydrogen-bond acceptors (Lipinski definition) is 8. The van der Waals surface area contributed by atoms with Gasteiger partial charge in [-0.1, -0.05) is 6.07 Å². The van der Waals surface area contributed by atoms with Gasteiger partial charge in [0.15, 0.2) is 0 Å². The highest BCUT2D eigenvalue weighted by Crippen LogP contribution is 2.39. The van der Waals surface area contributed by atoms with Gasteiger partial charge in [-0.3, -0.25) is 4.72 Å². The molecule has 1 aromatic heterocycles. The zero-order valence-corrected chi connectivity index (χ0v) is 16.6. The quantitative estimate of drug-likeness (QED) is 0.622. The first-order chi connectivity index (χ1) is 14.2. The van der Waals surface area contributed by atoms with E-state index in [-0.39, 0.29) is 28.1 Å². The van der Waals surface area contributed by atoms with E-state index < -0.39 is 16.4 Å². The Morgan fingerprint density at radius 2 is 2.03 bits per heavy atom. The number of halogens is 3. The van der Waals surface area contributed by atoms with Crippen LogP contribution >= 0.6 is 11.5 Å². The minimum atomic E-state index is -4.80. The van der Waals surface area contributed by atoms with Crippen LogP contribution in [0.25, 0.3) is 0 Å². The summed E-state index contributed by atoms with van der Waals surface area (Å²) in [5.41, 5.74) is 0.962. The molecule has 0 fully saturated rings. The molecular weight excluding hydrogens is 445 g/mol. The number of sulfonamides is 1. The van der Waals surface area contributed by atoms with E-state index >= 15 is 0 Å². The van der Waals surface area contributed by atoms with Gasteiger partial charge in [0, 0.05) is 29.4 Å². The molecule has 158 valence electrons. The molecule has 0 spiro atoms. The molecule has 0 unspecified atom stereocenters. The third-order valence-corrected chi connectivity index (χ3v) is 6.10. The van der Waals surface area contributed by atoms with Crippen molar-refractivity contribution in [1.29, 1.82) is 0 Å². The Morgan fingerprint density at radius 1 is 1.20 bits per heavy atom. The highest BCUT2D eigenvalue weighted by atomic mass is 32.2. The molecule has 0 atom stereocenters. The van der Waals surface area contributed by atoms with Crippen LogP contribution in [0.2, 0.25) is 0 Å². The number of nitrogens with one attached hydrogen (secondary N) is 1. The Hall–Kier alpha value is -3.06. The lowest BCUT2D eigenvalue weighted by Crippen LogP contribution is -2.29. The van der Waals surface area contributed by atoms with Gasteiger partial charge in [-0.05, 0) is 24.3 Å². The number of fused-ring (bicyclic) bond motifs is 1. The second-order valence-electron chi connectivity index (χ2n) is 6.03. The second kappa shape index (κ2) is 7.65. The third kappa shape index (κ3) is 4.41. The Bertz CT molecular complexity index is 1150. The summed E-state index contributed by atoms with van der Waals surface area (Å²) in [4.78, 5) is 5.46. The summed E-state index contributed by atoms with van der Waals surface area (Å²) < 4.78 is 78.3. The summed E-state index contributed by atoms with van der Waals surface area (Å²) in [6, 6.07) is 9.77. The summed E-state index contributed by atoms with van der Waals surface area (Å²) in [5, 5.41) is 0.122. The molecule has 0 bridgehead atoms. The molecule has 1 N–H and O–H groups in total. The van der Waals surface area contributed by atoms with E-state index in [9.17, 15) is 21.6 Å². The summed E-state index contributed by atoms with van der Waals surface area (Å²) >= 11 is 0.893. The lowest BCUT2D eigenvalue weighted by molar-refractivity contribution is -0.274. The maximum absolute atomic E-state index is 12.5. The Morgan fingerprint density at radius 3 is 2.77 bits per heavy atom. The first kappa shape index (κ1) is 20.2. The zero-order chi connectivity index (χ0) is 21.4. The molecule has 30 heavy (non-hydrogen) atoms. The van der Waals surface area contributed by atoms with Crippen LogP contribution in [0.15, 0.2) is 53.7 Å². The fourth-order valence-corrected chi connectivity index (χ4v) is 4.55. The van der Waals surface area contributed by atoms with Crippen LogP contribution in [-0.4, -0.2) is 37.3 Å². The number of alkyl halides is 3. The van der Waals surface area contributed by atoms with Crippen LogP contribution in [0.5, 0.6) is 11.5 Å². The Labute approximate surface area is 173 Å². The van der Waals surface area contributed by atoms with Crippen molar-refractivity contribution in [2.24, 2.45) is 0 Å². The lowest BCUT2D eigenvalue weighted by atomic mass is 10.2. The molecule has 8 nitrogen and oxygen atoms in total. The standard InChI is InChI=1S/C17H13F3N4O4S2/c18-17(19,20)28-12-3-1-2-11(8-12)24-6-7-27-15-9-13(4-5-14(15)24)30(25,26)23-16-21-10-22-29-16/h1-5,8-10H,6-7H2,(H,21,22,23). The molecule has 0 saturated heterocycles. The van der Waals surface area contributed by atoms with Crippen molar-refractivity contribution in [2.45, 2.75) is 11.3 Å². The monoisotopic (exact) mass is 458 g/mol. The molecule has 13 heteroatoms. The molecule has 3 aromatic rings. The SMILES string of the molecule is O=S(=O)(Nc1ncns1)c1ccc2c(c1)OCCN2c1cccc(OC(F)(F)F)c1. The number of aromatic nitrogens is 2. The van der Waals surface area contributed by atoms with Gasteiger partial charge in [-0.2, -0.15) is 4.37 Å². The molecule has 0 amide bonds. The number of benzene rings is 2. The second-order valence-corrected chi connectivity index (χ2v) is 8.49. The van der Waals surface area contributed by atoms with Crippen molar-refractivity contribution >= 4 is 38.1 Å².